The molecule has 8 heteroatoms. The van der Waals surface area contributed by atoms with Gasteiger partial charge in [-0.05, 0) is 26.0 Å². The van der Waals surface area contributed by atoms with Gasteiger partial charge in [0, 0.05) is 23.3 Å². The van der Waals surface area contributed by atoms with Crippen molar-refractivity contribution in [3.05, 3.63) is 40.7 Å². The molecule has 4 rings (SSSR count). The smallest absolute Gasteiger partial charge is 0.235 e. The van der Waals surface area contributed by atoms with Crippen molar-refractivity contribution in [2.24, 2.45) is 7.05 Å². The molecule has 0 radical (unpaired) electrons. The molecule has 0 bridgehead atoms. The topological polar surface area (TPSA) is 60.9 Å². The summed E-state index contributed by atoms with van der Waals surface area (Å²) in [4.78, 5) is 0.748. The molecule has 116 valence electrons. The lowest BCUT2D eigenvalue weighted by Gasteiger charge is -1.98. The Balaban J connectivity index is 1.90. The lowest BCUT2D eigenvalue weighted by molar-refractivity contribution is 0.731. The minimum atomic E-state index is 0.688. The molecular formula is C15H13ClN6S. The van der Waals surface area contributed by atoms with E-state index in [1.54, 1.807) is 4.52 Å². The van der Waals surface area contributed by atoms with Crippen LogP contribution >= 0.6 is 22.9 Å². The van der Waals surface area contributed by atoms with Crippen molar-refractivity contribution in [1.82, 2.24) is 29.6 Å². The van der Waals surface area contributed by atoms with E-state index in [-0.39, 0.29) is 0 Å². The zero-order chi connectivity index (χ0) is 16.1. The molecule has 0 spiro atoms. The van der Waals surface area contributed by atoms with Crippen LogP contribution in [0.4, 0.5) is 0 Å². The van der Waals surface area contributed by atoms with Gasteiger partial charge in [0.2, 0.25) is 4.96 Å². The molecule has 0 fully saturated rings. The zero-order valence-corrected chi connectivity index (χ0v) is 14.4. The van der Waals surface area contributed by atoms with Crippen LogP contribution in [-0.2, 0) is 7.05 Å². The summed E-state index contributed by atoms with van der Waals surface area (Å²) >= 11 is 7.56. The van der Waals surface area contributed by atoms with Gasteiger partial charge < -0.3 is 0 Å². The first-order valence-corrected chi connectivity index (χ1v) is 8.23. The predicted octanol–water partition coefficient (Wildman–Crippen LogP) is 3.52. The van der Waals surface area contributed by atoms with E-state index in [4.69, 9.17) is 11.6 Å². The van der Waals surface area contributed by atoms with Gasteiger partial charge in [-0.1, -0.05) is 35.1 Å². The molecule has 0 aliphatic rings. The number of halogens is 1. The number of hydrogen-bond donors (Lipinski definition) is 0. The van der Waals surface area contributed by atoms with Crippen molar-refractivity contribution < 1.29 is 0 Å². The Labute approximate surface area is 141 Å². The summed E-state index contributed by atoms with van der Waals surface area (Å²) in [5.74, 6) is 0.715. The number of hydrogen-bond acceptors (Lipinski definition) is 5. The Kier molecular flexibility index (Phi) is 3.21. The predicted molar refractivity (Wildman–Crippen MR) is 90.8 cm³/mol. The summed E-state index contributed by atoms with van der Waals surface area (Å²) in [5.41, 5.74) is 3.90. The van der Waals surface area contributed by atoms with Gasteiger partial charge in [0.1, 0.15) is 5.01 Å². The highest BCUT2D eigenvalue weighted by Gasteiger charge is 2.20. The van der Waals surface area contributed by atoms with Gasteiger partial charge in [-0.15, -0.1) is 10.2 Å². The fourth-order valence-electron chi connectivity index (χ4n) is 2.61. The number of aromatic nitrogens is 6. The van der Waals surface area contributed by atoms with Crippen LogP contribution in [0.25, 0.3) is 26.9 Å². The lowest BCUT2D eigenvalue weighted by atomic mass is 10.2. The summed E-state index contributed by atoms with van der Waals surface area (Å²) in [6.07, 6.45) is 0. The van der Waals surface area contributed by atoms with Gasteiger partial charge in [0.15, 0.2) is 5.82 Å². The molecule has 4 aromatic rings. The average molecular weight is 345 g/mol. The van der Waals surface area contributed by atoms with Crippen molar-refractivity contribution in [3.8, 4) is 22.0 Å². The van der Waals surface area contributed by atoms with Crippen LogP contribution in [0.2, 0.25) is 5.02 Å². The summed E-state index contributed by atoms with van der Waals surface area (Å²) in [5, 5.41) is 19.2. The molecule has 0 aliphatic carbocycles. The number of fused-ring (bicyclic) bond motifs is 1. The van der Waals surface area contributed by atoms with Crippen molar-refractivity contribution >= 4 is 27.9 Å². The minimum Gasteiger partial charge on any atom is -0.272 e. The Bertz CT molecular complexity index is 1030. The van der Waals surface area contributed by atoms with Crippen LogP contribution in [-0.4, -0.2) is 29.6 Å². The highest BCUT2D eigenvalue weighted by molar-refractivity contribution is 7.19. The third-order valence-electron chi connectivity index (χ3n) is 3.80. The average Bonchev–Trinajstić information content (AvgIpc) is 3.15. The van der Waals surface area contributed by atoms with E-state index in [2.05, 4.69) is 20.4 Å². The Morgan fingerprint density at radius 1 is 1.13 bits per heavy atom. The molecular weight excluding hydrogens is 332 g/mol. The largest absolute Gasteiger partial charge is 0.272 e. The van der Waals surface area contributed by atoms with Crippen LogP contribution in [0, 0.1) is 13.8 Å². The molecule has 0 saturated heterocycles. The van der Waals surface area contributed by atoms with E-state index < -0.39 is 0 Å². The summed E-state index contributed by atoms with van der Waals surface area (Å²) in [6.45, 7) is 3.98. The van der Waals surface area contributed by atoms with Crippen molar-refractivity contribution in [1.29, 1.82) is 0 Å². The standard InChI is InChI=1S/C15H13ClN6S/c1-8-12(9(2)21(3)19-8)13-17-18-15-22(13)20-14(23-15)10-5-4-6-11(16)7-10/h4-7H,1-3H3. The van der Waals surface area contributed by atoms with Gasteiger partial charge in [0.05, 0.1) is 11.3 Å². The van der Waals surface area contributed by atoms with Gasteiger partial charge in [-0.3, -0.25) is 4.68 Å². The SMILES string of the molecule is Cc1nn(C)c(C)c1-c1nnc2sc(-c3cccc(Cl)c3)nn12. The monoisotopic (exact) mass is 344 g/mol. The fourth-order valence-corrected chi connectivity index (χ4v) is 3.63. The maximum absolute atomic E-state index is 6.07. The van der Waals surface area contributed by atoms with Crippen molar-refractivity contribution in [2.45, 2.75) is 13.8 Å². The summed E-state index contributed by atoms with van der Waals surface area (Å²) < 4.78 is 3.62. The molecule has 3 aromatic heterocycles. The fraction of sp³-hybridized carbons (Fsp3) is 0.200. The molecule has 0 N–H and O–H groups in total. The van der Waals surface area contributed by atoms with Crippen LogP contribution in [0.1, 0.15) is 11.4 Å². The highest BCUT2D eigenvalue weighted by Crippen LogP contribution is 2.31. The first kappa shape index (κ1) is 14.3. The maximum atomic E-state index is 6.07. The number of rotatable bonds is 2. The molecule has 0 atom stereocenters. The Morgan fingerprint density at radius 2 is 1.96 bits per heavy atom. The third kappa shape index (κ3) is 2.24. The highest BCUT2D eigenvalue weighted by atomic mass is 35.5. The van der Waals surface area contributed by atoms with Crippen molar-refractivity contribution in [3.63, 3.8) is 0 Å². The molecule has 1 aromatic carbocycles. The van der Waals surface area contributed by atoms with E-state index in [0.717, 1.165) is 32.5 Å². The molecule has 23 heavy (non-hydrogen) atoms. The minimum absolute atomic E-state index is 0.688. The lowest BCUT2D eigenvalue weighted by Crippen LogP contribution is -1.95. The van der Waals surface area contributed by atoms with Gasteiger partial charge in [-0.2, -0.15) is 14.7 Å². The maximum Gasteiger partial charge on any atom is 0.235 e. The zero-order valence-electron chi connectivity index (χ0n) is 12.8. The van der Waals surface area contributed by atoms with Crippen LogP contribution in [0.15, 0.2) is 24.3 Å². The van der Waals surface area contributed by atoms with E-state index in [1.807, 2.05) is 49.8 Å². The van der Waals surface area contributed by atoms with Gasteiger partial charge in [-0.25, -0.2) is 0 Å². The van der Waals surface area contributed by atoms with Crippen LogP contribution < -0.4 is 0 Å². The third-order valence-corrected chi connectivity index (χ3v) is 4.98. The Hall–Kier alpha value is -2.25. The van der Waals surface area contributed by atoms with E-state index in [9.17, 15) is 0 Å². The van der Waals surface area contributed by atoms with E-state index >= 15 is 0 Å². The molecule has 0 unspecified atom stereocenters. The first-order chi connectivity index (χ1) is 11.0. The second-order valence-corrected chi connectivity index (χ2v) is 6.70. The number of aryl methyl sites for hydroxylation is 2. The number of benzene rings is 1. The molecule has 0 aliphatic heterocycles. The van der Waals surface area contributed by atoms with Crippen molar-refractivity contribution in [2.75, 3.05) is 0 Å². The summed E-state index contributed by atoms with van der Waals surface area (Å²) in [7, 11) is 1.92. The second-order valence-electron chi connectivity index (χ2n) is 5.30. The molecule has 0 amide bonds. The van der Waals surface area contributed by atoms with Gasteiger partial charge in [0.25, 0.3) is 0 Å². The first-order valence-electron chi connectivity index (χ1n) is 7.03. The molecule has 6 nitrogen and oxygen atoms in total. The van der Waals surface area contributed by atoms with E-state index in [0.29, 0.717) is 10.8 Å². The quantitative estimate of drug-likeness (QED) is 0.558. The normalized spacial score (nSPS) is 11.5. The molecule has 3 heterocycles. The Morgan fingerprint density at radius 3 is 2.65 bits per heavy atom. The number of nitrogens with zero attached hydrogens (tertiary/aromatic N) is 6. The van der Waals surface area contributed by atoms with E-state index in [1.165, 1.54) is 11.3 Å². The van der Waals surface area contributed by atoms with Gasteiger partial charge >= 0.3 is 0 Å². The van der Waals surface area contributed by atoms with Crippen LogP contribution in [0.3, 0.4) is 0 Å². The second kappa shape index (κ2) is 5.14. The summed E-state index contributed by atoms with van der Waals surface area (Å²) in [6, 6.07) is 7.64. The van der Waals surface area contributed by atoms with Crippen LogP contribution in [0.5, 0.6) is 0 Å². The molecule has 0 saturated carbocycles.